The molecule has 0 bridgehead atoms. The highest BCUT2D eigenvalue weighted by Gasteiger charge is 2.20. The van der Waals surface area contributed by atoms with Crippen LogP contribution in [0.4, 0.5) is 0 Å². The van der Waals surface area contributed by atoms with Crippen LogP contribution in [0.1, 0.15) is 33.3 Å². The first-order valence-corrected chi connectivity index (χ1v) is 7.49. The molecule has 1 rings (SSSR count). The van der Waals surface area contributed by atoms with Gasteiger partial charge in [-0.1, -0.05) is 58.0 Å². The number of hydrogen-bond acceptors (Lipinski definition) is 2. The molecular weight excluding hydrogens is 248 g/mol. The van der Waals surface area contributed by atoms with E-state index in [0.29, 0.717) is 30.7 Å². The zero-order valence-electron chi connectivity index (χ0n) is 13.1. The molecule has 0 aromatic heterocycles. The van der Waals surface area contributed by atoms with E-state index in [1.165, 1.54) is 0 Å². The van der Waals surface area contributed by atoms with Gasteiger partial charge in [0.05, 0.1) is 6.04 Å². The summed E-state index contributed by atoms with van der Waals surface area (Å²) in [5.41, 5.74) is 7.07. The minimum atomic E-state index is -0.475. The summed E-state index contributed by atoms with van der Waals surface area (Å²) in [7, 11) is 0. The zero-order valence-corrected chi connectivity index (χ0v) is 13.1. The Bertz CT molecular complexity index is 393. The van der Waals surface area contributed by atoms with Gasteiger partial charge in [0, 0.05) is 6.54 Å². The molecule has 1 unspecified atom stereocenters. The number of nitrogens with one attached hydrogen (secondary N) is 1. The van der Waals surface area contributed by atoms with Crippen molar-refractivity contribution >= 4 is 5.91 Å². The Morgan fingerprint density at radius 1 is 1.10 bits per heavy atom. The second-order valence-corrected chi connectivity index (χ2v) is 6.19. The van der Waals surface area contributed by atoms with Crippen LogP contribution in [0.5, 0.6) is 0 Å². The Morgan fingerprint density at radius 2 is 1.65 bits per heavy atom. The third kappa shape index (κ3) is 5.33. The molecule has 1 aromatic rings. The highest BCUT2D eigenvalue weighted by atomic mass is 16.2. The van der Waals surface area contributed by atoms with Crippen molar-refractivity contribution in [2.75, 3.05) is 6.54 Å². The molecular formula is C17H28N2O. The van der Waals surface area contributed by atoms with Gasteiger partial charge >= 0.3 is 0 Å². The summed E-state index contributed by atoms with van der Waals surface area (Å²) in [6, 6.07) is 9.42. The summed E-state index contributed by atoms with van der Waals surface area (Å²) in [6.07, 6.45) is 0.584. The summed E-state index contributed by atoms with van der Waals surface area (Å²) in [6.45, 7) is 9.49. The van der Waals surface area contributed by atoms with Gasteiger partial charge in [-0.15, -0.1) is 0 Å². The molecule has 0 aliphatic rings. The minimum absolute atomic E-state index is 0.0554. The fourth-order valence-corrected chi connectivity index (χ4v) is 2.55. The lowest BCUT2D eigenvalue weighted by molar-refractivity contribution is -0.122. The Kier molecular flexibility index (Phi) is 6.73. The van der Waals surface area contributed by atoms with E-state index in [0.717, 1.165) is 5.56 Å². The lowest BCUT2D eigenvalue weighted by atomic mass is 9.85. The Balaban J connectivity index is 2.46. The quantitative estimate of drug-likeness (QED) is 0.804. The fourth-order valence-electron chi connectivity index (χ4n) is 2.55. The third-order valence-electron chi connectivity index (χ3n) is 3.86. The van der Waals surface area contributed by atoms with Gasteiger partial charge in [-0.05, 0) is 29.7 Å². The van der Waals surface area contributed by atoms with E-state index in [-0.39, 0.29) is 5.91 Å². The minimum Gasteiger partial charge on any atom is -0.354 e. The molecule has 0 saturated heterocycles. The van der Waals surface area contributed by atoms with E-state index < -0.39 is 6.04 Å². The van der Waals surface area contributed by atoms with E-state index in [9.17, 15) is 4.79 Å². The van der Waals surface area contributed by atoms with Crippen LogP contribution in [-0.4, -0.2) is 18.5 Å². The second kappa shape index (κ2) is 8.05. The first kappa shape index (κ1) is 16.7. The third-order valence-corrected chi connectivity index (χ3v) is 3.86. The number of hydrogen-bond donors (Lipinski definition) is 2. The number of rotatable bonds is 7. The largest absolute Gasteiger partial charge is 0.354 e. The lowest BCUT2D eigenvalue weighted by Crippen LogP contribution is -2.44. The van der Waals surface area contributed by atoms with Gasteiger partial charge in [0.25, 0.3) is 0 Å². The van der Waals surface area contributed by atoms with E-state index in [1.807, 2.05) is 30.3 Å². The molecule has 0 fully saturated rings. The molecule has 1 atom stereocenters. The highest BCUT2D eigenvalue weighted by molar-refractivity contribution is 5.81. The first-order valence-electron chi connectivity index (χ1n) is 7.49. The summed E-state index contributed by atoms with van der Waals surface area (Å²) in [4.78, 5) is 12.1. The molecule has 0 aliphatic heterocycles. The number of benzene rings is 1. The van der Waals surface area contributed by atoms with Crippen molar-refractivity contribution in [3.63, 3.8) is 0 Å². The van der Waals surface area contributed by atoms with E-state index in [1.54, 1.807) is 0 Å². The summed E-state index contributed by atoms with van der Waals surface area (Å²) < 4.78 is 0. The lowest BCUT2D eigenvalue weighted by Gasteiger charge is -2.25. The number of carbonyl (C=O) groups is 1. The van der Waals surface area contributed by atoms with Crippen LogP contribution < -0.4 is 11.1 Å². The predicted molar refractivity (Wildman–Crippen MR) is 84.3 cm³/mol. The number of carbonyl (C=O) groups excluding carboxylic acids is 1. The van der Waals surface area contributed by atoms with Gasteiger partial charge < -0.3 is 11.1 Å². The standard InChI is InChI=1S/C17H28N2O/c1-12(2)15(13(3)4)11-19-17(20)16(18)10-14-8-6-5-7-9-14/h5-9,12-13,15-16H,10-11,18H2,1-4H3,(H,19,20). The molecule has 0 heterocycles. The average Bonchev–Trinajstić information content (AvgIpc) is 2.38. The van der Waals surface area contributed by atoms with E-state index >= 15 is 0 Å². The second-order valence-electron chi connectivity index (χ2n) is 6.19. The van der Waals surface area contributed by atoms with Crippen LogP contribution in [0.15, 0.2) is 30.3 Å². The van der Waals surface area contributed by atoms with Crippen LogP contribution in [0, 0.1) is 17.8 Å². The van der Waals surface area contributed by atoms with Crippen LogP contribution >= 0.6 is 0 Å². The van der Waals surface area contributed by atoms with Crippen LogP contribution in [0.3, 0.4) is 0 Å². The molecule has 0 saturated carbocycles. The highest BCUT2D eigenvalue weighted by Crippen LogP contribution is 2.19. The fraction of sp³-hybridized carbons (Fsp3) is 0.588. The van der Waals surface area contributed by atoms with Crippen molar-refractivity contribution in [3.8, 4) is 0 Å². The Labute approximate surface area is 122 Å². The van der Waals surface area contributed by atoms with Crippen LogP contribution in [-0.2, 0) is 11.2 Å². The van der Waals surface area contributed by atoms with Gasteiger partial charge in [-0.2, -0.15) is 0 Å². The number of amides is 1. The van der Waals surface area contributed by atoms with Crippen molar-refractivity contribution in [2.24, 2.45) is 23.5 Å². The maximum atomic E-state index is 12.1. The Morgan fingerprint density at radius 3 is 2.15 bits per heavy atom. The molecule has 1 aromatic carbocycles. The normalized spacial score (nSPS) is 13.0. The molecule has 1 amide bonds. The first-order chi connectivity index (χ1) is 9.41. The summed E-state index contributed by atoms with van der Waals surface area (Å²) >= 11 is 0. The van der Waals surface area contributed by atoms with E-state index in [4.69, 9.17) is 5.73 Å². The van der Waals surface area contributed by atoms with Crippen LogP contribution in [0.2, 0.25) is 0 Å². The van der Waals surface area contributed by atoms with Gasteiger partial charge in [-0.25, -0.2) is 0 Å². The van der Waals surface area contributed by atoms with Gasteiger partial charge in [0.1, 0.15) is 0 Å². The van der Waals surface area contributed by atoms with Crippen molar-refractivity contribution < 1.29 is 4.79 Å². The van der Waals surface area contributed by atoms with Crippen molar-refractivity contribution in [1.29, 1.82) is 0 Å². The van der Waals surface area contributed by atoms with Gasteiger partial charge in [0.2, 0.25) is 5.91 Å². The van der Waals surface area contributed by atoms with Crippen LogP contribution in [0.25, 0.3) is 0 Å². The summed E-state index contributed by atoms with van der Waals surface area (Å²) in [5, 5.41) is 3.00. The average molecular weight is 276 g/mol. The monoisotopic (exact) mass is 276 g/mol. The van der Waals surface area contributed by atoms with Crippen molar-refractivity contribution in [2.45, 2.75) is 40.2 Å². The molecule has 0 aliphatic carbocycles. The van der Waals surface area contributed by atoms with Gasteiger partial charge in [0.15, 0.2) is 0 Å². The molecule has 112 valence electrons. The predicted octanol–water partition coefficient (Wildman–Crippen LogP) is 2.60. The molecule has 0 spiro atoms. The number of nitrogens with two attached hydrogens (primary N) is 1. The molecule has 20 heavy (non-hydrogen) atoms. The topological polar surface area (TPSA) is 55.1 Å². The van der Waals surface area contributed by atoms with Crippen molar-refractivity contribution in [1.82, 2.24) is 5.32 Å². The van der Waals surface area contributed by atoms with Crippen molar-refractivity contribution in [3.05, 3.63) is 35.9 Å². The smallest absolute Gasteiger partial charge is 0.237 e. The molecule has 3 N–H and O–H groups in total. The maximum absolute atomic E-state index is 12.1. The van der Waals surface area contributed by atoms with Gasteiger partial charge in [-0.3, -0.25) is 4.79 Å². The molecule has 0 radical (unpaired) electrons. The molecule has 3 heteroatoms. The Hall–Kier alpha value is -1.35. The SMILES string of the molecule is CC(C)C(CNC(=O)C(N)Cc1ccccc1)C(C)C. The van der Waals surface area contributed by atoms with E-state index in [2.05, 4.69) is 33.0 Å². The summed E-state index contributed by atoms with van der Waals surface area (Å²) in [5.74, 6) is 1.55. The molecule has 3 nitrogen and oxygen atoms in total. The zero-order chi connectivity index (χ0) is 15.1. The maximum Gasteiger partial charge on any atom is 0.237 e.